The Kier molecular flexibility index (Phi) is 3.76. The topological polar surface area (TPSA) is 17.0 Å². The first kappa shape index (κ1) is 11.3. The molecule has 0 radical (unpaired) electrons. The fraction of sp³-hybridized carbons (Fsp3) is 0.667. The first-order valence-electron chi connectivity index (χ1n) is 5.35. The molecule has 0 spiro atoms. The summed E-state index contributed by atoms with van der Waals surface area (Å²) in [7, 11) is 2.12. The maximum atomic E-state index is 3.47. The number of aryl methyl sites for hydroxylation is 1. The van der Waals surface area contributed by atoms with Gasteiger partial charge >= 0.3 is 0 Å². The van der Waals surface area contributed by atoms with Crippen LogP contribution in [0.3, 0.4) is 0 Å². The van der Waals surface area contributed by atoms with Crippen molar-refractivity contribution in [1.82, 2.24) is 9.88 Å². The molecule has 14 heavy (non-hydrogen) atoms. The lowest BCUT2D eigenvalue weighted by Crippen LogP contribution is -2.19. The molecular weight excluding hydrogens is 172 g/mol. The summed E-state index contributed by atoms with van der Waals surface area (Å²) in [4.78, 5) is 0. The Hall–Kier alpha value is -0.760. The monoisotopic (exact) mass is 194 g/mol. The highest BCUT2D eigenvalue weighted by molar-refractivity contribution is 5.26. The Bertz CT molecular complexity index is 298. The van der Waals surface area contributed by atoms with Crippen molar-refractivity contribution in [2.24, 2.45) is 13.0 Å². The molecule has 0 aliphatic carbocycles. The Labute approximate surface area is 87.3 Å². The molecule has 0 aromatic carbocycles. The van der Waals surface area contributed by atoms with Gasteiger partial charge in [0.05, 0.1) is 0 Å². The van der Waals surface area contributed by atoms with E-state index in [0.29, 0.717) is 0 Å². The van der Waals surface area contributed by atoms with Gasteiger partial charge in [0.25, 0.3) is 0 Å². The molecule has 0 bridgehead atoms. The fourth-order valence-electron chi connectivity index (χ4n) is 1.61. The van der Waals surface area contributed by atoms with Crippen molar-refractivity contribution in [2.75, 3.05) is 6.54 Å². The summed E-state index contributed by atoms with van der Waals surface area (Å²) in [5, 5.41) is 3.47. The maximum absolute atomic E-state index is 3.47. The summed E-state index contributed by atoms with van der Waals surface area (Å²) >= 11 is 0. The van der Waals surface area contributed by atoms with Crippen molar-refractivity contribution in [1.29, 1.82) is 0 Å². The minimum absolute atomic E-state index is 0.722. The fourth-order valence-corrected chi connectivity index (χ4v) is 1.61. The molecule has 1 rings (SSSR count). The number of nitrogens with one attached hydrogen (secondary N) is 1. The van der Waals surface area contributed by atoms with Crippen LogP contribution in [-0.4, -0.2) is 11.1 Å². The van der Waals surface area contributed by atoms with Crippen LogP contribution in [0.25, 0.3) is 0 Å². The number of aromatic nitrogens is 1. The SMILES string of the molecule is Cc1cc(CNCC(C)C)c(C)n1C. The van der Waals surface area contributed by atoms with Gasteiger partial charge in [-0.25, -0.2) is 0 Å². The van der Waals surface area contributed by atoms with E-state index in [0.717, 1.165) is 19.0 Å². The van der Waals surface area contributed by atoms with E-state index in [4.69, 9.17) is 0 Å². The highest BCUT2D eigenvalue weighted by Crippen LogP contribution is 2.12. The Morgan fingerprint density at radius 3 is 2.43 bits per heavy atom. The lowest BCUT2D eigenvalue weighted by Gasteiger charge is -2.07. The van der Waals surface area contributed by atoms with E-state index in [1.165, 1.54) is 17.0 Å². The summed E-state index contributed by atoms with van der Waals surface area (Å²) < 4.78 is 2.24. The van der Waals surface area contributed by atoms with Crippen LogP contribution in [0.2, 0.25) is 0 Å². The molecule has 0 atom stereocenters. The van der Waals surface area contributed by atoms with Gasteiger partial charge in [0.15, 0.2) is 0 Å². The van der Waals surface area contributed by atoms with Gasteiger partial charge in [-0.1, -0.05) is 13.8 Å². The minimum Gasteiger partial charge on any atom is -0.352 e. The highest BCUT2D eigenvalue weighted by atomic mass is 15.0. The average Bonchev–Trinajstić information content (AvgIpc) is 2.33. The molecule has 1 heterocycles. The van der Waals surface area contributed by atoms with Gasteiger partial charge < -0.3 is 9.88 Å². The van der Waals surface area contributed by atoms with Gasteiger partial charge in [0.1, 0.15) is 0 Å². The van der Waals surface area contributed by atoms with E-state index >= 15 is 0 Å². The number of hydrogen-bond donors (Lipinski definition) is 1. The normalized spacial score (nSPS) is 11.3. The molecule has 1 aromatic heterocycles. The van der Waals surface area contributed by atoms with Crippen LogP contribution in [0, 0.1) is 19.8 Å². The predicted octanol–water partition coefficient (Wildman–Crippen LogP) is 2.39. The van der Waals surface area contributed by atoms with Crippen molar-refractivity contribution in [3.8, 4) is 0 Å². The summed E-state index contributed by atoms with van der Waals surface area (Å²) in [5.41, 5.74) is 4.13. The summed E-state index contributed by atoms with van der Waals surface area (Å²) in [6.07, 6.45) is 0. The van der Waals surface area contributed by atoms with E-state index in [2.05, 4.69) is 50.7 Å². The van der Waals surface area contributed by atoms with Crippen molar-refractivity contribution in [2.45, 2.75) is 34.2 Å². The van der Waals surface area contributed by atoms with Crippen LogP contribution >= 0.6 is 0 Å². The van der Waals surface area contributed by atoms with Crippen molar-refractivity contribution < 1.29 is 0 Å². The molecular formula is C12H22N2. The zero-order valence-electron chi connectivity index (χ0n) is 10.0. The van der Waals surface area contributed by atoms with Gasteiger partial charge in [-0.3, -0.25) is 0 Å². The number of hydrogen-bond acceptors (Lipinski definition) is 1. The predicted molar refractivity (Wildman–Crippen MR) is 61.4 cm³/mol. The van der Waals surface area contributed by atoms with E-state index in [1.807, 2.05) is 0 Å². The van der Waals surface area contributed by atoms with Gasteiger partial charge in [-0.2, -0.15) is 0 Å². The van der Waals surface area contributed by atoms with Gasteiger partial charge in [0.2, 0.25) is 0 Å². The van der Waals surface area contributed by atoms with Crippen LogP contribution < -0.4 is 5.32 Å². The third-order valence-electron chi connectivity index (χ3n) is 2.75. The number of nitrogens with zero attached hydrogens (tertiary/aromatic N) is 1. The van der Waals surface area contributed by atoms with Crippen LogP contribution in [0.4, 0.5) is 0 Å². The Morgan fingerprint density at radius 1 is 1.36 bits per heavy atom. The second kappa shape index (κ2) is 4.65. The lowest BCUT2D eigenvalue weighted by molar-refractivity contribution is 0.551. The second-order valence-corrected chi connectivity index (χ2v) is 4.48. The van der Waals surface area contributed by atoms with Crippen molar-refractivity contribution in [3.05, 3.63) is 23.0 Å². The van der Waals surface area contributed by atoms with Gasteiger partial charge in [0, 0.05) is 25.0 Å². The number of rotatable bonds is 4. The molecule has 0 aliphatic heterocycles. The molecule has 2 nitrogen and oxygen atoms in total. The van der Waals surface area contributed by atoms with Gasteiger partial charge in [-0.15, -0.1) is 0 Å². The van der Waals surface area contributed by atoms with Crippen molar-refractivity contribution >= 4 is 0 Å². The molecule has 0 aliphatic rings. The summed E-state index contributed by atoms with van der Waals surface area (Å²) in [5.74, 6) is 0.722. The van der Waals surface area contributed by atoms with E-state index in [1.54, 1.807) is 0 Å². The zero-order chi connectivity index (χ0) is 10.7. The molecule has 1 N–H and O–H groups in total. The van der Waals surface area contributed by atoms with E-state index in [-0.39, 0.29) is 0 Å². The Balaban J connectivity index is 2.55. The molecule has 80 valence electrons. The molecule has 1 aromatic rings. The first-order valence-corrected chi connectivity index (χ1v) is 5.35. The molecule has 0 fully saturated rings. The van der Waals surface area contributed by atoms with E-state index in [9.17, 15) is 0 Å². The molecule has 0 amide bonds. The zero-order valence-corrected chi connectivity index (χ0v) is 10.0. The maximum Gasteiger partial charge on any atom is 0.0223 e. The smallest absolute Gasteiger partial charge is 0.0223 e. The second-order valence-electron chi connectivity index (χ2n) is 4.48. The third-order valence-corrected chi connectivity index (χ3v) is 2.75. The van der Waals surface area contributed by atoms with Gasteiger partial charge in [-0.05, 0) is 37.9 Å². The van der Waals surface area contributed by atoms with Crippen LogP contribution in [-0.2, 0) is 13.6 Å². The standard InChI is InChI=1S/C12H22N2/c1-9(2)7-13-8-12-6-10(3)14(5)11(12)4/h6,9,13H,7-8H2,1-5H3. The molecule has 0 unspecified atom stereocenters. The summed E-state index contributed by atoms with van der Waals surface area (Å²) in [6, 6.07) is 2.27. The molecule has 0 saturated carbocycles. The Morgan fingerprint density at radius 2 is 2.00 bits per heavy atom. The van der Waals surface area contributed by atoms with Crippen LogP contribution in [0.15, 0.2) is 6.07 Å². The van der Waals surface area contributed by atoms with Crippen LogP contribution in [0.5, 0.6) is 0 Å². The summed E-state index contributed by atoms with van der Waals surface area (Å²) in [6.45, 7) is 10.9. The third kappa shape index (κ3) is 2.61. The quantitative estimate of drug-likeness (QED) is 0.778. The highest BCUT2D eigenvalue weighted by Gasteiger charge is 2.05. The van der Waals surface area contributed by atoms with Crippen molar-refractivity contribution in [3.63, 3.8) is 0 Å². The first-order chi connectivity index (χ1) is 6.52. The lowest BCUT2D eigenvalue weighted by atomic mass is 10.2. The largest absolute Gasteiger partial charge is 0.352 e. The average molecular weight is 194 g/mol. The minimum atomic E-state index is 0.722. The van der Waals surface area contributed by atoms with E-state index < -0.39 is 0 Å². The molecule has 2 heteroatoms. The van der Waals surface area contributed by atoms with Crippen LogP contribution in [0.1, 0.15) is 30.8 Å². The molecule has 0 saturated heterocycles.